The molecule has 2 aromatic carbocycles. The van der Waals surface area contributed by atoms with Gasteiger partial charge in [0.1, 0.15) is 0 Å². The van der Waals surface area contributed by atoms with Crippen molar-refractivity contribution in [2.75, 3.05) is 16.0 Å². The minimum atomic E-state index is -0.601. The minimum Gasteiger partial charge on any atom is -0.399 e. The van der Waals surface area contributed by atoms with E-state index in [1.54, 1.807) is 36.4 Å². The van der Waals surface area contributed by atoms with E-state index in [4.69, 9.17) is 28.9 Å². The highest BCUT2D eigenvalue weighted by Crippen LogP contribution is 2.25. The van der Waals surface area contributed by atoms with E-state index in [1.807, 2.05) is 0 Å². The number of imide groups is 1. The Labute approximate surface area is 137 Å². The number of urea groups is 1. The first-order valence-corrected chi connectivity index (χ1v) is 7.06. The number of nitrogens with one attached hydrogen (secondary N) is 1. The van der Waals surface area contributed by atoms with Gasteiger partial charge in [-0.05, 0) is 42.5 Å². The molecule has 3 N–H and O–H groups in total. The molecule has 0 bridgehead atoms. The first-order valence-electron chi connectivity index (χ1n) is 6.31. The van der Waals surface area contributed by atoms with Gasteiger partial charge in [0.15, 0.2) is 0 Å². The lowest BCUT2D eigenvalue weighted by molar-refractivity contribution is -0.115. The number of nitrogens with two attached hydrogens (primary N) is 1. The first-order chi connectivity index (χ1) is 10.4. The molecule has 2 aromatic rings. The van der Waals surface area contributed by atoms with Gasteiger partial charge in [-0.15, -0.1) is 0 Å². The summed E-state index contributed by atoms with van der Waals surface area (Å²) >= 11 is 11.7. The van der Waals surface area contributed by atoms with Gasteiger partial charge in [-0.25, -0.2) is 9.69 Å². The molecule has 0 aliphatic heterocycles. The van der Waals surface area contributed by atoms with Crippen molar-refractivity contribution in [3.05, 3.63) is 52.5 Å². The maximum atomic E-state index is 12.3. The van der Waals surface area contributed by atoms with E-state index in [2.05, 4.69) is 5.32 Å². The van der Waals surface area contributed by atoms with Crippen LogP contribution in [0.5, 0.6) is 0 Å². The molecule has 22 heavy (non-hydrogen) atoms. The van der Waals surface area contributed by atoms with Crippen LogP contribution in [0.3, 0.4) is 0 Å². The number of benzene rings is 2. The van der Waals surface area contributed by atoms with Crippen LogP contribution in [-0.4, -0.2) is 11.9 Å². The van der Waals surface area contributed by atoms with Gasteiger partial charge in [-0.1, -0.05) is 23.2 Å². The lowest BCUT2D eigenvalue weighted by atomic mass is 10.2. The molecule has 0 atom stereocenters. The Morgan fingerprint density at radius 3 is 2.23 bits per heavy atom. The van der Waals surface area contributed by atoms with E-state index >= 15 is 0 Å². The molecular weight excluding hydrogens is 325 g/mol. The number of nitrogens with zero attached hydrogens (tertiary/aromatic N) is 1. The van der Waals surface area contributed by atoms with Gasteiger partial charge in [0, 0.05) is 18.3 Å². The molecule has 0 aromatic heterocycles. The predicted octanol–water partition coefficient (Wildman–Crippen LogP) is 4.16. The summed E-state index contributed by atoms with van der Waals surface area (Å²) in [6, 6.07) is 10.4. The van der Waals surface area contributed by atoms with Crippen molar-refractivity contribution in [2.45, 2.75) is 6.92 Å². The molecule has 0 saturated heterocycles. The van der Waals surface area contributed by atoms with Crippen LogP contribution >= 0.6 is 23.2 Å². The van der Waals surface area contributed by atoms with Crippen LogP contribution in [0.1, 0.15) is 6.92 Å². The predicted molar refractivity (Wildman–Crippen MR) is 89.5 cm³/mol. The van der Waals surface area contributed by atoms with Crippen molar-refractivity contribution in [3.8, 4) is 0 Å². The summed E-state index contributed by atoms with van der Waals surface area (Å²) in [4.78, 5) is 25.1. The van der Waals surface area contributed by atoms with Crippen LogP contribution in [0.2, 0.25) is 10.0 Å². The Balaban J connectivity index is 2.25. The number of rotatable bonds is 2. The average Bonchev–Trinajstić information content (AvgIpc) is 2.45. The fourth-order valence-electron chi connectivity index (χ4n) is 1.82. The molecular formula is C15H13Cl2N3O2. The van der Waals surface area contributed by atoms with Gasteiger partial charge in [0.05, 0.1) is 15.7 Å². The van der Waals surface area contributed by atoms with Crippen molar-refractivity contribution in [3.63, 3.8) is 0 Å². The van der Waals surface area contributed by atoms with Crippen molar-refractivity contribution in [1.82, 2.24) is 0 Å². The molecule has 3 amide bonds. The Morgan fingerprint density at radius 2 is 1.68 bits per heavy atom. The van der Waals surface area contributed by atoms with E-state index in [-0.39, 0.29) is 0 Å². The van der Waals surface area contributed by atoms with Gasteiger partial charge < -0.3 is 11.1 Å². The SMILES string of the molecule is CC(=O)N(C(=O)Nc1ccc(Cl)c(Cl)c1)c1ccc(N)cc1. The maximum Gasteiger partial charge on any atom is 0.333 e. The number of anilines is 3. The maximum absolute atomic E-state index is 12.3. The Hall–Kier alpha value is -2.24. The summed E-state index contributed by atoms with van der Waals surface area (Å²) in [5.74, 6) is -0.428. The zero-order valence-corrected chi connectivity index (χ0v) is 13.2. The number of carbonyl (C=O) groups excluding carboxylic acids is 2. The van der Waals surface area contributed by atoms with Crippen LogP contribution in [-0.2, 0) is 4.79 Å². The van der Waals surface area contributed by atoms with Gasteiger partial charge in [0.2, 0.25) is 5.91 Å². The van der Waals surface area contributed by atoms with Crippen molar-refractivity contribution in [2.24, 2.45) is 0 Å². The quantitative estimate of drug-likeness (QED) is 0.808. The Morgan fingerprint density at radius 1 is 1.05 bits per heavy atom. The summed E-state index contributed by atoms with van der Waals surface area (Å²) in [6.07, 6.45) is 0. The third kappa shape index (κ3) is 3.69. The molecule has 114 valence electrons. The molecule has 2 rings (SSSR count). The molecule has 0 fully saturated rings. The molecule has 0 unspecified atom stereocenters. The monoisotopic (exact) mass is 337 g/mol. The van der Waals surface area contributed by atoms with Crippen LogP contribution < -0.4 is 16.0 Å². The van der Waals surface area contributed by atoms with E-state index in [0.29, 0.717) is 27.1 Å². The number of halogens is 2. The van der Waals surface area contributed by atoms with Gasteiger partial charge >= 0.3 is 6.03 Å². The Kier molecular flexibility index (Phi) is 4.90. The number of hydrogen-bond donors (Lipinski definition) is 2. The summed E-state index contributed by atoms with van der Waals surface area (Å²) in [6.45, 7) is 1.30. The zero-order valence-electron chi connectivity index (χ0n) is 11.6. The van der Waals surface area contributed by atoms with Crippen molar-refractivity contribution < 1.29 is 9.59 Å². The van der Waals surface area contributed by atoms with Crippen LogP contribution in [0.25, 0.3) is 0 Å². The number of carbonyl (C=O) groups is 2. The third-order valence-corrected chi connectivity index (χ3v) is 3.58. The van der Waals surface area contributed by atoms with E-state index in [9.17, 15) is 9.59 Å². The molecule has 0 radical (unpaired) electrons. The fraction of sp³-hybridized carbons (Fsp3) is 0.0667. The summed E-state index contributed by atoms with van der Waals surface area (Å²) in [5.41, 5.74) is 6.99. The van der Waals surface area contributed by atoms with Crippen LogP contribution in [0.4, 0.5) is 21.9 Å². The topological polar surface area (TPSA) is 75.4 Å². The first kappa shape index (κ1) is 16.1. The van der Waals surface area contributed by atoms with Gasteiger partial charge in [-0.2, -0.15) is 0 Å². The number of hydrogen-bond acceptors (Lipinski definition) is 3. The highest BCUT2D eigenvalue weighted by atomic mass is 35.5. The molecule has 0 heterocycles. The summed E-state index contributed by atoms with van der Waals surface area (Å²) in [5, 5.41) is 3.28. The van der Waals surface area contributed by atoms with E-state index in [0.717, 1.165) is 4.90 Å². The number of amides is 3. The average molecular weight is 338 g/mol. The summed E-state index contributed by atoms with van der Waals surface area (Å²) < 4.78 is 0. The van der Waals surface area contributed by atoms with Gasteiger partial charge in [-0.3, -0.25) is 4.79 Å². The smallest absolute Gasteiger partial charge is 0.333 e. The zero-order chi connectivity index (χ0) is 16.3. The second kappa shape index (κ2) is 6.68. The normalized spacial score (nSPS) is 10.1. The van der Waals surface area contributed by atoms with Crippen LogP contribution in [0.15, 0.2) is 42.5 Å². The largest absolute Gasteiger partial charge is 0.399 e. The Bertz CT molecular complexity index is 717. The fourth-order valence-corrected chi connectivity index (χ4v) is 2.12. The minimum absolute atomic E-state index is 0.307. The van der Waals surface area contributed by atoms with E-state index < -0.39 is 11.9 Å². The summed E-state index contributed by atoms with van der Waals surface area (Å²) in [7, 11) is 0. The molecule has 0 aliphatic carbocycles. The molecule has 0 aliphatic rings. The van der Waals surface area contributed by atoms with Crippen molar-refractivity contribution >= 4 is 52.2 Å². The second-order valence-corrected chi connectivity index (χ2v) is 5.32. The van der Waals surface area contributed by atoms with Crippen molar-refractivity contribution in [1.29, 1.82) is 0 Å². The molecule has 0 spiro atoms. The van der Waals surface area contributed by atoms with E-state index in [1.165, 1.54) is 13.0 Å². The lowest BCUT2D eigenvalue weighted by Gasteiger charge is -2.20. The van der Waals surface area contributed by atoms with Gasteiger partial charge in [0.25, 0.3) is 0 Å². The van der Waals surface area contributed by atoms with Crippen LogP contribution in [0, 0.1) is 0 Å². The highest BCUT2D eigenvalue weighted by molar-refractivity contribution is 6.42. The second-order valence-electron chi connectivity index (χ2n) is 4.51. The third-order valence-electron chi connectivity index (χ3n) is 2.84. The molecule has 7 heteroatoms. The lowest BCUT2D eigenvalue weighted by Crippen LogP contribution is -2.38. The molecule has 0 saturated carbocycles. The number of nitrogen functional groups attached to an aromatic ring is 1. The standard InChI is InChI=1S/C15H13Cl2N3O2/c1-9(21)20(12-5-2-10(18)3-6-12)15(22)19-11-4-7-13(16)14(17)8-11/h2-8H,18H2,1H3,(H,19,22). The highest BCUT2D eigenvalue weighted by Gasteiger charge is 2.20. The molecule has 5 nitrogen and oxygen atoms in total.